The molecule has 2 amide bonds. The van der Waals surface area contributed by atoms with Crippen LogP contribution in [0.15, 0.2) is 58.3 Å². The summed E-state index contributed by atoms with van der Waals surface area (Å²) in [5.74, 6) is -0.839. The Balaban J connectivity index is 1.30. The Kier molecular flexibility index (Phi) is 8.55. The van der Waals surface area contributed by atoms with E-state index < -0.39 is 43.9 Å². The first-order valence-electron chi connectivity index (χ1n) is 12.7. The van der Waals surface area contributed by atoms with Crippen molar-refractivity contribution in [1.29, 1.82) is 0 Å². The number of nitrogens with one attached hydrogen (secondary N) is 2. The van der Waals surface area contributed by atoms with E-state index in [-0.39, 0.29) is 36.0 Å². The van der Waals surface area contributed by atoms with Gasteiger partial charge in [-0.05, 0) is 63.8 Å². The number of hydrogen-bond donors (Lipinski definition) is 2. The van der Waals surface area contributed by atoms with Crippen molar-refractivity contribution in [2.75, 3.05) is 26.2 Å². The minimum Gasteiger partial charge on any atom is -0.353 e. The van der Waals surface area contributed by atoms with Crippen LogP contribution in [0.1, 0.15) is 36.8 Å². The molecule has 2 N–H and O–H groups in total. The maximum atomic E-state index is 13.1. The second-order valence-electron chi connectivity index (χ2n) is 9.76. The zero-order chi connectivity index (χ0) is 27.5. The summed E-state index contributed by atoms with van der Waals surface area (Å²) in [4.78, 5) is 26.0. The summed E-state index contributed by atoms with van der Waals surface area (Å²) < 4.78 is 54.8. The maximum Gasteiger partial charge on any atom is 0.243 e. The highest BCUT2D eigenvalue weighted by Gasteiger charge is 2.40. The molecule has 2 aromatic rings. The van der Waals surface area contributed by atoms with Crippen LogP contribution in [0.3, 0.4) is 0 Å². The topological polar surface area (TPSA) is 133 Å². The van der Waals surface area contributed by atoms with Crippen molar-refractivity contribution in [2.24, 2.45) is 0 Å². The molecule has 12 heteroatoms. The standard InChI is InChI=1S/C26H34N4O6S2/c1-19-7-11-21(12-8-19)37(33,34)29-17-3-5-23(29)25(31)27-15-16-28-26(32)24-6-4-18-30(24)38(35,36)22-13-9-20(2)10-14-22/h7-14,23-24H,3-6,15-18H2,1-2H3,(H,27,31)(H,28,32). The van der Waals surface area contributed by atoms with E-state index in [0.717, 1.165) is 11.1 Å². The molecule has 2 atom stereocenters. The molecule has 0 spiro atoms. The van der Waals surface area contributed by atoms with Gasteiger partial charge in [-0.1, -0.05) is 35.4 Å². The number of amides is 2. The Bertz CT molecular complexity index is 1270. The molecular weight excluding hydrogens is 528 g/mol. The van der Waals surface area contributed by atoms with Gasteiger partial charge in [0.1, 0.15) is 12.1 Å². The van der Waals surface area contributed by atoms with Gasteiger partial charge < -0.3 is 10.6 Å². The summed E-state index contributed by atoms with van der Waals surface area (Å²) in [5, 5.41) is 5.43. The molecule has 2 saturated heterocycles. The van der Waals surface area contributed by atoms with Crippen molar-refractivity contribution in [3.05, 3.63) is 59.7 Å². The summed E-state index contributed by atoms with van der Waals surface area (Å²) in [6.07, 6.45) is 1.98. The molecule has 0 saturated carbocycles. The quantitative estimate of drug-likeness (QED) is 0.446. The van der Waals surface area contributed by atoms with Gasteiger partial charge in [-0.25, -0.2) is 16.8 Å². The van der Waals surface area contributed by atoms with Crippen LogP contribution in [0.4, 0.5) is 0 Å². The van der Waals surface area contributed by atoms with Gasteiger partial charge in [0, 0.05) is 26.2 Å². The van der Waals surface area contributed by atoms with Crippen LogP contribution < -0.4 is 10.6 Å². The van der Waals surface area contributed by atoms with Crippen molar-refractivity contribution < 1.29 is 26.4 Å². The zero-order valence-corrected chi connectivity index (χ0v) is 23.2. The average molecular weight is 563 g/mol. The lowest BCUT2D eigenvalue weighted by Crippen LogP contribution is -2.49. The number of hydrogen-bond acceptors (Lipinski definition) is 6. The molecular formula is C26H34N4O6S2. The van der Waals surface area contributed by atoms with Gasteiger partial charge in [0.2, 0.25) is 31.9 Å². The van der Waals surface area contributed by atoms with Gasteiger partial charge in [0.15, 0.2) is 0 Å². The van der Waals surface area contributed by atoms with Crippen LogP contribution in [-0.4, -0.2) is 75.5 Å². The van der Waals surface area contributed by atoms with Gasteiger partial charge in [-0.3, -0.25) is 9.59 Å². The molecule has 2 heterocycles. The van der Waals surface area contributed by atoms with Crippen molar-refractivity contribution in [2.45, 2.75) is 61.4 Å². The molecule has 4 rings (SSSR count). The number of carbonyl (C=O) groups is 2. The SMILES string of the molecule is Cc1ccc(S(=O)(=O)N2CCCC2C(=O)NCCNC(=O)C2CCCN2S(=O)(=O)c2ccc(C)cc2)cc1. The van der Waals surface area contributed by atoms with E-state index in [4.69, 9.17) is 0 Å². The third kappa shape index (κ3) is 5.93. The van der Waals surface area contributed by atoms with Crippen molar-refractivity contribution in [3.63, 3.8) is 0 Å². The van der Waals surface area contributed by atoms with E-state index in [2.05, 4.69) is 10.6 Å². The van der Waals surface area contributed by atoms with Crippen molar-refractivity contribution in [1.82, 2.24) is 19.2 Å². The molecule has 0 bridgehead atoms. The smallest absolute Gasteiger partial charge is 0.243 e. The Hall–Kier alpha value is -2.80. The maximum absolute atomic E-state index is 13.1. The normalized spacial score (nSPS) is 20.9. The fourth-order valence-corrected chi connectivity index (χ4v) is 8.19. The van der Waals surface area contributed by atoms with Gasteiger partial charge in [0.25, 0.3) is 0 Å². The van der Waals surface area contributed by atoms with Crippen LogP contribution in [0, 0.1) is 13.8 Å². The number of rotatable bonds is 9. The Labute approximate surface area is 224 Å². The number of sulfonamides is 2. The van der Waals surface area contributed by atoms with Crippen LogP contribution in [-0.2, 0) is 29.6 Å². The van der Waals surface area contributed by atoms with E-state index in [0.29, 0.717) is 25.7 Å². The monoisotopic (exact) mass is 562 g/mol. The molecule has 206 valence electrons. The summed E-state index contributed by atoms with van der Waals surface area (Å²) >= 11 is 0. The molecule has 38 heavy (non-hydrogen) atoms. The van der Waals surface area contributed by atoms with Crippen molar-refractivity contribution >= 4 is 31.9 Å². The van der Waals surface area contributed by atoms with E-state index in [1.165, 1.54) is 8.61 Å². The highest BCUT2D eigenvalue weighted by Crippen LogP contribution is 2.27. The number of aryl methyl sites for hydroxylation is 2. The third-order valence-corrected chi connectivity index (χ3v) is 10.8. The number of nitrogens with zero attached hydrogens (tertiary/aromatic N) is 2. The minimum absolute atomic E-state index is 0.0942. The van der Waals surface area contributed by atoms with E-state index in [1.54, 1.807) is 48.5 Å². The van der Waals surface area contributed by atoms with E-state index >= 15 is 0 Å². The Morgan fingerprint density at radius 1 is 0.684 bits per heavy atom. The van der Waals surface area contributed by atoms with Crippen LogP contribution in [0.25, 0.3) is 0 Å². The van der Waals surface area contributed by atoms with Crippen LogP contribution in [0.2, 0.25) is 0 Å². The van der Waals surface area contributed by atoms with Gasteiger partial charge in [-0.2, -0.15) is 8.61 Å². The van der Waals surface area contributed by atoms with Crippen molar-refractivity contribution in [3.8, 4) is 0 Å². The molecule has 10 nitrogen and oxygen atoms in total. The Morgan fingerprint density at radius 3 is 1.37 bits per heavy atom. The first-order chi connectivity index (χ1) is 18.0. The third-order valence-electron chi connectivity index (χ3n) is 6.99. The summed E-state index contributed by atoms with van der Waals surface area (Å²) in [5.41, 5.74) is 1.88. The fourth-order valence-electron chi connectivity index (χ4n) is 4.88. The lowest BCUT2D eigenvalue weighted by atomic mass is 10.2. The summed E-state index contributed by atoms with van der Waals surface area (Å²) in [7, 11) is -7.62. The molecule has 0 aromatic heterocycles. The highest BCUT2D eigenvalue weighted by molar-refractivity contribution is 7.89. The second-order valence-corrected chi connectivity index (χ2v) is 13.5. The molecule has 2 aromatic carbocycles. The fraction of sp³-hybridized carbons (Fsp3) is 0.462. The highest BCUT2D eigenvalue weighted by atomic mass is 32.2. The van der Waals surface area contributed by atoms with Gasteiger partial charge in [0.05, 0.1) is 9.79 Å². The Morgan fingerprint density at radius 2 is 1.03 bits per heavy atom. The predicted molar refractivity (Wildman–Crippen MR) is 142 cm³/mol. The lowest BCUT2D eigenvalue weighted by Gasteiger charge is -2.24. The molecule has 2 aliphatic rings. The first-order valence-corrected chi connectivity index (χ1v) is 15.6. The van der Waals surface area contributed by atoms with E-state index in [1.807, 2.05) is 13.8 Å². The second kappa shape index (κ2) is 11.5. The van der Waals surface area contributed by atoms with Crippen LogP contribution in [0.5, 0.6) is 0 Å². The van der Waals surface area contributed by atoms with E-state index in [9.17, 15) is 26.4 Å². The molecule has 0 aliphatic carbocycles. The molecule has 2 aliphatic heterocycles. The molecule has 2 unspecified atom stereocenters. The van der Waals surface area contributed by atoms with Crippen LogP contribution >= 0.6 is 0 Å². The summed E-state index contributed by atoms with van der Waals surface area (Å²) in [6, 6.07) is 11.4. The minimum atomic E-state index is -3.81. The predicted octanol–water partition coefficient (Wildman–Crippen LogP) is 1.54. The zero-order valence-electron chi connectivity index (χ0n) is 21.6. The largest absolute Gasteiger partial charge is 0.353 e. The summed E-state index contributed by atoms with van der Waals surface area (Å²) in [6.45, 7) is 4.45. The lowest BCUT2D eigenvalue weighted by molar-refractivity contribution is -0.126. The number of carbonyl (C=O) groups excluding carboxylic acids is 2. The molecule has 2 fully saturated rings. The van der Waals surface area contributed by atoms with Gasteiger partial charge >= 0.3 is 0 Å². The average Bonchev–Trinajstić information content (AvgIpc) is 3.58. The first kappa shape index (κ1) is 28.2. The number of benzene rings is 2. The van der Waals surface area contributed by atoms with Gasteiger partial charge in [-0.15, -0.1) is 0 Å². The molecule has 0 radical (unpaired) electrons.